The number of nitrogens with one attached hydrogen (secondary N) is 2. The Labute approximate surface area is 133 Å². The van der Waals surface area contributed by atoms with Gasteiger partial charge in [-0.1, -0.05) is 12.1 Å². The van der Waals surface area contributed by atoms with E-state index in [0.717, 1.165) is 5.56 Å². The zero-order valence-corrected chi connectivity index (χ0v) is 12.9. The molecule has 0 unspecified atom stereocenters. The molecule has 116 valence electrons. The molecule has 5 nitrogen and oxygen atoms in total. The summed E-state index contributed by atoms with van der Waals surface area (Å²) in [6.45, 7) is 0.400. The molecular formula is C16H18N2O3S. The first-order chi connectivity index (χ1) is 10.7. The van der Waals surface area contributed by atoms with Gasteiger partial charge in [-0.05, 0) is 35.6 Å². The van der Waals surface area contributed by atoms with Crippen LogP contribution in [0.3, 0.4) is 0 Å². The topological polar surface area (TPSA) is 78.4 Å². The van der Waals surface area contributed by atoms with Gasteiger partial charge in [-0.2, -0.15) is 11.3 Å². The summed E-state index contributed by atoms with van der Waals surface area (Å²) in [5, 5.41) is 18.2. The van der Waals surface area contributed by atoms with Gasteiger partial charge in [0.05, 0.1) is 6.61 Å². The summed E-state index contributed by atoms with van der Waals surface area (Å²) in [4.78, 5) is 23.5. The van der Waals surface area contributed by atoms with Crippen LogP contribution >= 0.6 is 11.3 Å². The summed E-state index contributed by atoms with van der Waals surface area (Å²) in [6.07, 6.45) is 0.897. The largest absolute Gasteiger partial charge is 0.392 e. The maximum absolute atomic E-state index is 11.8. The third-order valence-corrected chi connectivity index (χ3v) is 3.73. The lowest BCUT2D eigenvalue weighted by Crippen LogP contribution is -2.25. The van der Waals surface area contributed by atoms with Crippen molar-refractivity contribution in [3.05, 3.63) is 52.2 Å². The molecule has 0 fully saturated rings. The van der Waals surface area contributed by atoms with E-state index in [2.05, 4.69) is 10.6 Å². The van der Waals surface area contributed by atoms with Gasteiger partial charge in [0.1, 0.15) is 0 Å². The number of carbonyl (C=O) groups excluding carboxylic acids is 2. The molecule has 1 heterocycles. The number of hydrogen-bond acceptors (Lipinski definition) is 4. The van der Waals surface area contributed by atoms with Crippen molar-refractivity contribution < 1.29 is 14.7 Å². The van der Waals surface area contributed by atoms with Crippen molar-refractivity contribution in [2.45, 2.75) is 19.4 Å². The van der Waals surface area contributed by atoms with Gasteiger partial charge in [0.15, 0.2) is 0 Å². The van der Waals surface area contributed by atoms with Crippen molar-refractivity contribution in [2.75, 3.05) is 11.9 Å². The smallest absolute Gasteiger partial charge is 0.252 e. The standard InChI is InChI=1S/C16H18N2O3S/c19-10-12-3-1-4-14(9-12)18-15(20)5-2-7-17-16(21)13-6-8-22-11-13/h1,3-4,6,8-9,11,19H,2,5,7,10H2,(H,17,21)(H,18,20). The third-order valence-electron chi connectivity index (χ3n) is 3.04. The van der Waals surface area contributed by atoms with Crippen LogP contribution < -0.4 is 10.6 Å². The number of aliphatic hydroxyl groups excluding tert-OH is 1. The normalized spacial score (nSPS) is 10.2. The van der Waals surface area contributed by atoms with E-state index in [-0.39, 0.29) is 18.4 Å². The highest BCUT2D eigenvalue weighted by molar-refractivity contribution is 7.08. The molecule has 0 bridgehead atoms. The monoisotopic (exact) mass is 318 g/mol. The summed E-state index contributed by atoms with van der Waals surface area (Å²) in [7, 11) is 0. The highest BCUT2D eigenvalue weighted by Gasteiger charge is 2.06. The van der Waals surface area contributed by atoms with Crippen LogP contribution in [0.4, 0.5) is 5.69 Å². The molecule has 0 saturated heterocycles. The van der Waals surface area contributed by atoms with Crippen LogP contribution in [0, 0.1) is 0 Å². The minimum atomic E-state index is -0.114. The predicted octanol–water partition coefficient (Wildman–Crippen LogP) is 2.39. The average molecular weight is 318 g/mol. The molecule has 0 saturated carbocycles. The molecule has 1 aromatic carbocycles. The van der Waals surface area contributed by atoms with E-state index in [1.165, 1.54) is 11.3 Å². The van der Waals surface area contributed by atoms with Crippen LogP contribution in [0.1, 0.15) is 28.8 Å². The van der Waals surface area contributed by atoms with E-state index in [9.17, 15) is 9.59 Å². The molecule has 22 heavy (non-hydrogen) atoms. The molecule has 0 spiro atoms. The first kappa shape index (κ1) is 16.2. The number of anilines is 1. The highest BCUT2D eigenvalue weighted by atomic mass is 32.1. The zero-order chi connectivity index (χ0) is 15.8. The Balaban J connectivity index is 1.68. The molecular weight excluding hydrogens is 300 g/mol. The summed E-state index contributed by atoms with van der Waals surface area (Å²) in [5.74, 6) is -0.225. The minimum Gasteiger partial charge on any atom is -0.392 e. The minimum absolute atomic E-state index is 0.0572. The number of hydrogen-bond donors (Lipinski definition) is 3. The van der Waals surface area contributed by atoms with E-state index in [1.54, 1.807) is 35.7 Å². The van der Waals surface area contributed by atoms with Crippen LogP contribution in [0.5, 0.6) is 0 Å². The Morgan fingerprint density at radius 3 is 2.82 bits per heavy atom. The van der Waals surface area contributed by atoms with Crippen molar-refractivity contribution in [1.29, 1.82) is 0 Å². The molecule has 0 radical (unpaired) electrons. The van der Waals surface area contributed by atoms with Crippen molar-refractivity contribution in [2.24, 2.45) is 0 Å². The van der Waals surface area contributed by atoms with Crippen LogP contribution in [0.25, 0.3) is 0 Å². The molecule has 6 heteroatoms. The molecule has 0 aliphatic carbocycles. The van der Waals surface area contributed by atoms with E-state index in [4.69, 9.17) is 5.11 Å². The lowest BCUT2D eigenvalue weighted by molar-refractivity contribution is -0.116. The van der Waals surface area contributed by atoms with Crippen LogP contribution in [-0.2, 0) is 11.4 Å². The fraction of sp³-hybridized carbons (Fsp3) is 0.250. The van der Waals surface area contributed by atoms with Gasteiger partial charge in [-0.25, -0.2) is 0 Å². The van der Waals surface area contributed by atoms with Crippen molar-refractivity contribution in [3.8, 4) is 0 Å². The number of carbonyl (C=O) groups is 2. The lowest BCUT2D eigenvalue weighted by Gasteiger charge is -2.07. The molecule has 2 rings (SSSR count). The second-order valence-electron chi connectivity index (χ2n) is 4.78. The second-order valence-corrected chi connectivity index (χ2v) is 5.56. The summed E-state index contributed by atoms with van der Waals surface area (Å²) in [6, 6.07) is 8.84. The summed E-state index contributed by atoms with van der Waals surface area (Å²) < 4.78 is 0. The number of thiophene rings is 1. The average Bonchev–Trinajstić information content (AvgIpc) is 3.06. The molecule has 0 atom stereocenters. The van der Waals surface area contributed by atoms with E-state index in [1.807, 2.05) is 5.38 Å². The van der Waals surface area contributed by atoms with Gasteiger partial charge in [0, 0.05) is 29.6 Å². The van der Waals surface area contributed by atoms with Gasteiger partial charge in [0.25, 0.3) is 5.91 Å². The molecule has 1 aromatic heterocycles. The summed E-state index contributed by atoms with van der Waals surface area (Å²) in [5.41, 5.74) is 2.06. The molecule has 2 amide bonds. The van der Waals surface area contributed by atoms with Gasteiger partial charge >= 0.3 is 0 Å². The van der Waals surface area contributed by atoms with Crippen molar-refractivity contribution in [3.63, 3.8) is 0 Å². The SMILES string of the molecule is O=C(CCCNC(=O)c1ccsc1)Nc1cccc(CO)c1. The fourth-order valence-corrected chi connectivity index (χ4v) is 2.55. The van der Waals surface area contributed by atoms with Crippen molar-refractivity contribution in [1.82, 2.24) is 5.32 Å². The Hall–Kier alpha value is -2.18. The summed E-state index contributed by atoms with van der Waals surface area (Å²) >= 11 is 1.47. The maximum atomic E-state index is 11.8. The Morgan fingerprint density at radius 2 is 2.09 bits per heavy atom. The van der Waals surface area contributed by atoms with E-state index >= 15 is 0 Å². The molecule has 3 N–H and O–H groups in total. The molecule has 0 aliphatic rings. The van der Waals surface area contributed by atoms with Crippen LogP contribution in [0.2, 0.25) is 0 Å². The van der Waals surface area contributed by atoms with Gasteiger partial charge in [-0.3, -0.25) is 9.59 Å². The van der Waals surface area contributed by atoms with Gasteiger partial charge in [-0.15, -0.1) is 0 Å². The molecule has 2 aromatic rings. The number of benzene rings is 1. The first-order valence-electron chi connectivity index (χ1n) is 6.99. The van der Waals surface area contributed by atoms with Gasteiger partial charge < -0.3 is 15.7 Å². The Bertz CT molecular complexity index is 626. The predicted molar refractivity (Wildman–Crippen MR) is 86.9 cm³/mol. The third kappa shape index (κ3) is 4.98. The quantitative estimate of drug-likeness (QED) is 0.686. The lowest BCUT2D eigenvalue weighted by atomic mass is 10.2. The van der Waals surface area contributed by atoms with E-state index < -0.39 is 0 Å². The first-order valence-corrected chi connectivity index (χ1v) is 7.93. The van der Waals surface area contributed by atoms with Crippen molar-refractivity contribution >= 4 is 28.8 Å². The number of aliphatic hydroxyl groups is 1. The molecule has 0 aliphatic heterocycles. The van der Waals surface area contributed by atoms with Crippen LogP contribution in [-0.4, -0.2) is 23.5 Å². The van der Waals surface area contributed by atoms with E-state index in [0.29, 0.717) is 30.6 Å². The number of amides is 2. The Morgan fingerprint density at radius 1 is 1.23 bits per heavy atom. The second kappa shape index (κ2) is 8.31. The number of rotatable bonds is 7. The Kier molecular flexibility index (Phi) is 6.12. The fourth-order valence-electron chi connectivity index (χ4n) is 1.92. The van der Waals surface area contributed by atoms with Gasteiger partial charge in [0.2, 0.25) is 5.91 Å². The van der Waals surface area contributed by atoms with Crippen LogP contribution in [0.15, 0.2) is 41.1 Å². The maximum Gasteiger partial charge on any atom is 0.252 e. The highest BCUT2D eigenvalue weighted by Crippen LogP contribution is 2.11. The zero-order valence-electron chi connectivity index (χ0n) is 12.0.